The molecule has 0 bridgehead atoms. The van der Waals surface area contributed by atoms with Crippen molar-refractivity contribution >= 4 is 5.91 Å². The third-order valence-corrected chi connectivity index (χ3v) is 5.45. The minimum absolute atomic E-state index is 0.104. The van der Waals surface area contributed by atoms with Crippen molar-refractivity contribution in [2.24, 2.45) is 0 Å². The van der Waals surface area contributed by atoms with Gasteiger partial charge in [0.25, 0.3) is 5.91 Å². The Morgan fingerprint density at radius 2 is 1.62 bits per heavy atom. The number of carbonyl (C=O) groups is 1. The normalized spacial score (nSPS) is 13.3. The zero-order valence-electron chi connectivity index (χ0n) is 20.2. The minimum Gasteiger partial charge on any atom is -0.377 e. The van der Waals surface area contributed by atoms with E-state index < -0.39 is 0 Å². The minimum atomic E-state index is -0.104. The number of hydrogen-bond donors (Lipinski definition) is 1. The summed E-state index contributed by atoms with van der Waals surface area (Å²) < 4.78 is 18.5. The average Bonchev–Trinajstić information content (AvgIpc) is 3.30. The molecule has 0 aliphatic rings. The molecular weight excluding hydrogens is 406 g/mol. The molecule has 0 radical (unpaired) electrons. The van der Waals surface area contributed by atoms with Gasteiger partial charge in [-0.25, -0.2) is 0 Å². The van der Waals surface area contributed by atoms with Crippen LogP contribution in [-0.2, 0) is 14.2 Å². The average molecular weight is 446 g/mol. The first-order valence-corrected chi connectivity index (χ1v) is 11.6. The maximum Gasteiger partial charge on any atom is 0.251 e. The molecule has 7 heteroatoms. The van der Waals surface area contributed by atoms with Crippen molar-refractivity contribution in [1.82, 2.24) is 15.1 Å². The molecule has 2 rings (SSSR count). The monoisotopic (exact) mass is 445 g/mol. The lowest BCUT2D eigenvalue weighted by Crippen LogP contribution is -2.27. The van der Waals surface area contributed by atoms with Crippen molar-refractivity contribution < 1.29 is 19.0 Å². The Morgan fingerprint density at radius 1 is 0.969 bits per heavy atom. The smallest absolute Gasteiger partial charge is 0.251 e. The molecule has 1 heterocycles. The first-order valence-electron chi connectivity index (χ1n) is 11.6. The maximum atomic E-state index is 12.3. The highest BCUT2D eigenvalue weighted by atomic mass is 16.5. The van der Waals surface area contributed by atoms with Gasteiger partial charge in [0, 0.05) is 18.3 Å². The van der Waals surface area contributed by atoms with Crippen LogP contribution in [0, 0.1) is 0 Å². The van der Waals surface area contributed by atoms with Crippen LogP contribution in [0.4, 0.5) is 0 Å². The zero-order valence-corrected chi connectivity index (χ0v) is 20.2. The van der Waals surface area contributed by atoms with Crippen LogP contribution in [0.15, 0.2) is 36.7 Å². The third kappa shape index (κ3) is 8.73. The van der Waals surface area contributed by atoms with Crippen LogP contribution in [0.5, 0.6) is 0 Å². The largest absolute Gasteiger partial charge is 0.377 e. The summed E-state index contributed by atoms with van der Waals surface area (Å²) in [7, 11) is 0. The standard InChI is InChI=1S/C25H39N3O4/c1-6-20(4)32-16-15-31-14-13-30-12-11-26-25(29)23-9-7-22(8-10-23)21(5)28-18-24(17-27-28)19(2)3/h7-10,17-21H,6,11-16H2,1-5H3,(H,26,29). The molecule has 178 valence electrons. The highest BCUT2D eigenvalue weighted by molar-refractivity contribution is 5.94. The summed E-state index contributed by atoms with van der Waals surface area (Å²) in [5.74, 6) is 0.347. The predicted octanol–water partition coefficient (Wildman–Crippen LogP) is 4.19. The van der Waals surface area contributed by atoms with E-state index in [1.165, 1.54) is 5.56 Å². The van der Waals surface area contributed by atoms with Crippen LogP contribution in [0.2, 0.25) is 0 Å². The first-order chi connectivity index (χ1) is 15.4. The van der Waals surface area contributed by atoms with E-state index in [9.17, 15) is 4.79 Å². The van der Waals surface area contributed by atoms with Crippen LogP contribution in [0.3, 0.4) is 0 Å². The molecule has 2 unspecified atom stereocenters. The van der Waals surface area contributed by atoms with Gasteiger partial charge in [-0.05, 0) is 49.4 Å². The molecule has 1 aromatic heterocycles. The molecule has 0 fully saturated rings. The zero-order chi connectivity index (χ0) is 23.3. The topological polar surface area (TPSA) is 74.6 Å². The molecule has 2 atom stereocenters. The second-order valence-corrected chi connectivity index (χ2v) is 8.28. The molecule has 0 aliphatic heterocycles. The number of nitrogens with zero attached hydrogens (tertiary/aromatic N) is 2. The SMILES string of the molecule is CCC(C)OCCOCCOCCNC(=O)c1ccc(C(C)n2cc(C(C)C)cn2)cc1. The maximum absolute atomic E-state index is 12.3. The summed E-state index contributed by atoms with van der Waals surface area (Å²) in [6, 6.07) is 7.77. The lowest BCUT2D eigenvalue weighted by molar-refractivity contribution is -0.00649. The second-order valence-electron chi connectivity index (χ2n) is 8.28. The fraction of sp³-hybridized carbons (Fsp3) is 0.600. The van der Waals surface area contributed by atoms with Crippen molar-refractivity contribution in [1.29, 1.82) is 0 Å². The Bertz CT molecular complexity index is 789. The Hall–Kier alpha value is -2.22. The molecule has 1 N–H and O–H groups in total. The van der Waals surface area contributed by atoms with Crippen LogP contribution in [0.1, 0.15) is 74.5 Å². The van der Waals surface area contributed by atoms with Gasteiger partial charge in [-0.2, -0.15) is 5.10 Å². The van der Waals surface area contributed by atoms with Crippen molar-refractivity contribution in [3.05, 3.63) is 53.3 Å². The van der Waals surface area contributed by atoms with Crippen molar-refractivity contribution in [2.75, 3.05) is 39.6 Å². The van der Waals surface area contributed by atoms with Gasteiger partial charge < -0.3 is 19.5 Å². The Kier molecular flexibility index (Phi) is 11.4. The van der Waals surface area contributed by atoms with Crippen molar-refractivity contribution in [2.45, 2.75) is 59.1 Å². The summed E-state index contributed by atoms with van der Waals surface area (Å²) in [6.07, 6.45) is 5.27. The fourth-order valence-electron chi connectivity index (χ4n) is 3.02. The number of hydrogen-bond acceptors (Lipinski definition) is 5. The van der Waals surface area contributed by atoms with Crippen LogP contribution < -0.4 is 5.32 Å². The van der Waals surface area contributed by atoms with Gasteiger partial charge in [0.05, 0.1) is 51.4 Å². The van der Waals surface area contributed by atoms with Crippen molar-refractivity contribution in [3.63, 3.8) is 0 Å². The molecule has 32 heavy (non-hydrogen) atoms. The van der Waals surface area contributed by atoms with Gasteiger partial charge >= 0.3 is 0 Å². The lowest BCUT2D eigenvalue weighted by Gasteiger charge is -2.13. The molecule has 7 nitrogen and oxygen atoms in total. The molecule has 2 aromatic rings. The molecule has 0 saturated carbocycles. The number of aromatic nitrogens is 2. The van der Waals surface area contributed by atoms with Crippen LogP contribution >= 0.6 is 0 Å². The highest BCUT2D eigenvalue weighted by Gasteiger charge is 2.12. The van der Waals surface area contributed by atoms with E-state index in [0.29, 0.717) is 51.1 Å². The number of amides is 1. The number of benzene rings is 1. The Morgan fingerprint density at radius 3 is 2.25 bits per heavy atom. The molecule has 1 aromatic carbocycles. The van der Waals surface area contributed by atoms with E-state index in [-0.39, 0.29) is 18.1 Å². The quantitative estimate of drug-likeness (QED) is 0.416. The lowest BCUT2D eigenvalue weighted by atomic mass is 10.1. The van der Waals surface area contributed by atoms with Crippen LogP contribution in [-0.4, -0.2) is 61.4 Å². The van der Waals surface area contributed by atoms with E-state index in [4.69, 9.17) is 14.2 Å². The van der Waals surface area contributed by atoms with Crippen LogP contribution in [0.25, 0.3) is 0 Å². The van der Waals surface area contributed by atoms with E-state index >= 15 is 0 Å². The number of rotatable bonds is 15. The summed E-state index contributed by atoms with van der Waals surface area (Å²) in [5.41, 5.74) is 2.96. The van der Waals surface area contributed by atoms with Gasteiger partial charge in [0.2, 0.25) is 0 Å². The first kappa shape index (κ1) is 26.0. The third-order valence-electron chi connectivity index (χ3n) is 5.45. The van der Waals surface area contributed by atoms with Gasteiger partial charge in [-0.1, -0.05) is 32.9 Å². The van der Waals surface area contributed by atoms with Gasteiger partial charge in [-0.15, -0.1) is 0 Å². The molecule has 0 saturated heterocycles. The summed E-state index contributed by atoms with van der Waals surface area (Å²) in [4.78, 5) is 12.3. The van der Waals surface area contributed by atoms with Crippen molar-refractivity contribution in [3.8, 4) is 0 Å². The fourth-order valence-corrected chi connectivity index (χ4v) is 3.02. The predicted molar refractivity (Wildman–Crippen MR) is 126 cm³/mol. The van der Waals surface area contributed by atoms with Gasteiger partial charge in [-0.3, -0.25) is 9.48 Å². The van der Waals surface area contributed by atoms with Gasteiger partial charge in [0.15, 0.2) is 0 Å². The molecule has 0 spiro atoms. The Labute approximate surface area is 192 Å². The Balaban J connectivity index is 1.62. The summed E-state index contributed by atoms with van der Waals surface area (Å²) in [6.45, 7) is 13.7. The van der Waals surface area contributed by atoms with E-state index in [2.05, 4.69) is 51.2 Å². The second kappa shape index (κ2) is 14.0. The van der Waals surface area contributed by atoms with E-state index in [0.717, 1.165) is 12.0 Å². The van der Waals surface area contributed by atoms with E-state index in [1.807, 2.05) is 35.1 Å². The number of ether oxygens (including phenoxy) is 3. The number of carbonyl (C=O) groups excluding carboxylic acids is 1. The molecule has 0 aliphatic carbocycles. The number of nitrogens with one attached hydrogen (secondary N) is 1. The molecule has 1 amide bonds. The summed E-state index contributed by atoms with van der Waals surface area (Å²) >= 11 is 0. The summed E-state index contributed by atoms with van der Waals surface area (Å²) in [5, 5.41) is 7.36. The highest BCUT2D eigenvalue weighted by Crippen LogP contribution is 2.20. The molecular formula is C25H39N3O4. The van der Waals surface area contributed by atoms with E-state index in [1.54, 1.807) is 0 Å². The van der Waals surface area contributed by atoms with Gasteiger partial charge in [0.1, 0.15) is 0 Å².